The lowest BCUT2D eigenvalue weighted by atomic mass is 9.90. The lowest BCUT2D eigenvalue weighted by molar-refractivity contribution is -0.116. The molecule has 1 aliphatic carbocycles. The summed E-state index contributed by atoms with van der Waals surface area (Å²) in [7, 11) is 0. The number of hydrogen-bond donors (Lipinski definition) is 2. The Bertz CT molecular complexity index is 1220. The van der Waals surface area contributed by atoms with Gasteiger partial charge in [0.2, 0.25) is 22.1 Å². The van der Waals surface area contributed by atoms with Crippen LogP contribution in [0.1, 0.15) is 54.4 Å². The van der Waals surface area contributed by atoms with Gasteiger partial charge < -0.3 is 10.6 Å². The molecular formula is C22H24N10O2S2. The van der Waals surface area contributed by atoms with Gasteiger partial charge in [-0.2, -0.15) is 0 Å². The zero-order chi connectivity index (χ0) is 25.0. The molecule has 0 spiro atoms. The first kappa shape index (κ1) is 25.3. The maximum atomic E-state index is 11.9. The van der Waals surface area contributed by atoms with E-state index in [1.54, 1.807) is 42.7 Å². The SMILES string of the molecule is O=C(Cc1cnccn1)Nc1nnc(C2CCCCC2)s1.O=C(Cc1cnccn1)Nc1nncs1. The maximum absolute atomic E-state index is 11.9. The average Bonchev–Trinajstić information content (AvgIpc) is 3.58. The summed E-state index contributed by atoms with van der Waals surface area (Å²) >= 11 is 2.76. The third-order valence-electron chi connectivity index (χ3n) is 5.16. The Balaban J connectivity index is 0.000000179. The summed E-state index contributed by atoms with van der Waals surface area (Å²) in [5, 5.41) is 23.1. The number of carbonyl (C=O) groups is 2. The lowest BCUT2D eigenvalue weighted by Crippen LogP contribution is -2.15. The average molecular weight is 525 g/mol. The van der Waals surface area contributed by atoms with E-state index < -0.39 is 0 Å². The third kappa shape index (κ3) is 8.16. The van der Waals surface area contributed by atoms with Crippen LogP contribution >= 0.6 is 22.7 Å². The van der Waals surface area contributed by atoms with Gasteiger partial charge in [-0.05, 0) is 12.8 Å². The molecule has 4 aromatic heterocycles. The Morgan fingerprint density at radius 2 is 1.44 bits per heavy atom. The minimum absolute atomic E-state index is 0.137. The summed E-state index contributed by atoms with van der Waals surface area (Å²) in [5.41, 5.74) is 2.82. The van der Waals surface area contributed by atoms with E-state index in [-0.39, 0.29) is 24.7 Å². The molecule has 4 aromatic rings. The Morgan fingerprint density at radius 1 is 0.806 bits per heavy atom. The molecule has 1 aliphatic rings. The molecule has 1 fully saturated rings. The number of amides is 2. The molecular weight excluding hydrogens is 500 g/mol. The highest BCUT2D eigenvalue weighted by molar-refractivity contribution is 7.15. The molecule has 2 N–H and O–H groups in total. The van der Waals surface area contributed by atoms with Crippen LogP contribution in [0.3, 0.4) is 0 Å². The second kappa shape index (κ2) is 13.3. The molecule has 2 amide bonds. The van der Waals surface area contributed by atoms with E-state index in [0.717, 1.165) is 5.01 Å². The molecule has 14 heteroatoms. The fourth-order valence-corrected chi connectivity index (χ4v) is 4.92. The molecule has 0 atom stereocenters. The van der Waals surface area contributed by atoms with Crippen molar-refractivity contribution in [2.24, 2.45) is 0 Å². The zero-order valence-corrected chi connectivity index (χ0v) is 20.9. The minimum Gasteiger partial charge on any atom is -0.300 e. The number of carbonyl (C=O) groups excluding carboxylic acids is 2. The number of nitrogens with zero attached hydrogens (tertiary/aromatic N) is 8. The summed E-state index contributed by atoms with van der Waals surface area (Å²) in [5.74, 6) is 0.205. The van der Waals surface area contributed by atoms with Crippen LogP contribution in [0.15, 0.2) is 42.7 Å². The van der Waals surface area contributed by atoms with Crippen LogP contribution in [0.4, 0.5) is 10.3 Å². The van der Waals surface area contributed by atoms with Gasteiger partial charge in [-0.1, -0.05) is 41.9 Å². The topological polar surface area (TPSA) is 161 Å². The summed E-state index contributed by atoms with van der Waals surface area (Å²) in [4.78, 5) is 39.3. The van der Waals surface area contributed by atoms with Crippen molar-refractivity contribution in [3.8, 4) is 0 Å². The molecule has 186 valence electrons. The first-order valence-corrected chi connectivity index (χ1v) is 13.0. The van der Waals surface area contributed by atoms with Crippen LogP contribution < -0.4 is 10.6 Å². The van der Waals surface area contributed by atoms with Gasteiger partial charge >= 0.3 is 0 Å². The van der Waals surface area contributed by atoms with Crippen molar-refractivity contribution in [3.63, 3.8) is 0 Å². The van der Waals surface area contributed by atoms with Gasteiger partial charge in [-0.15, -0.1) is 20.4 Å². The van der Waals surface area contributed by atoms with Gasteiger partial charge in [0.15, 0.2) is 0 Å². The minimum atomic E-state index is -0.174. The van der Waals surface area contributed by atoms with Crippen molar-refractivity contribution >= 4 is 44.8 Å². The number of aromatic nitrogens is 8. The van der Waals surface area contributed by atoms with E-state index in [4.69, 9.17) is 0 Å². The van der Waals surface area contributed by atoms with E-state index in [1.165, 1.54) is 54.8 Å². The van der Waals surface area contributed by atoms with Crippen LogP contribution in [0.5, 0.6) is 0 Å². The molecule has 12 nitrogen and oxygen atoms in total. The fourth-order valence-electron chi connectivity index (χ4n) is 3.53. The first-order chi connectivity index (χ1) is 17.7. The quantitative estimate of drug-likeness (QED) is 0.367. The van der Waals surface area contributed by atoms with Gasteiger partial charge in [0.1, 0.15) is 10.5 Å². The van der Waals surface area contributed by atoms with Crippen LogP contribution in [-0.2, 0) is 22.4 Å². The first-order valence-electron chi connectivity index (χ1n) is 11.3. The highest BCUT2D eigenvalue weighted by Crippen LogP contribution is 2.35. The van der Waals surface area contributed by atoms with Crippen molar-refractivity contribution in [3.05, 3.63) is 59.1 Å². The monoisotopic (exact) mass is 524 g/mol. The standard InChI is InChI=1S/C14H17N5OS.C8H7N5OS/c20-12(8-11-9-15-6-7-16-11)17-14-19-18-13(21-14)10-4-2-1-3-5-10;14-7(12-8-13-11-5-15-8)3-6-4-9-1-2-10-6/h6-7,9-10H,1-5,8H2,(H,17,19,20);1-2,4-5H,3H2,(H,12,13,14). The summed E-state index contributed by atoms with van der Waals surface area (Å²) in [6, 6.07) is 0. The van der Waals surface area contributed by atoms with E-state index in [0.29, 0.717) is 27.6 Å². The van der Waals surface area contributed by atoms with E-state index in [1.807, 2.05) is 0 Å². The van der Waals surface area contributed by atoms with Crippen LogP contribution in [0, 0.1) is 0 Å². The highest BCUT2D eigenvalue weighted by atomic mass is 32.1. The Kier molecular flexibility index (Phi) is 9.39. The molecule has 1 saturated carbocycles. The van der Waals surface area contributed by atoms with Crippen LogP contribution in [0.25, 0.3) is 0 Å². The Hall–Kier alpha value is -3.78. The third-order valence-corrected chi connectivity index (χ3v) is 6.77. The zero-order valence-electron chi connectivity index (χ0n) is 19.3. The van der Waals surface area contributed by atoms with Crippen molar-refractivity contribution in [2.45, 2.75) is 50.9 Å². The van der Waals surface area contributed by atoms with Crippen molar-refractivity contribution in [1.82, 2.24) is 40.3 Å². The molecule has 0 unspecified atom stereocenters. The molecule has 0 bridgehead atoms. The van der Waals surface area contributed by atoms with Crippen LogP contribution in [-0.4, -0.2) is 52.1 Å². The maximum Gasteiger partial charge on any atom is 0.232 e. The molecule has 5 rings (SSSR count). The molecule has 0 radical (unpaired) electrons. The molecule has 4 heterocycles. The number of anilines is 2. The van der Waals surface area contributed by atoms with Gasteiger partial charge in [0.05, 0.1) is 24.2 Å². The number of nitrogens with one attached hydrogen (secondary N) is 2. The van der Waals surface area contributed by atoms with E-state index in [2.05, 4.69) is 51.0 Å². The number of rotatable bonds is 7. The normalized spacial score (nSPS) is 13.3. The summed E-state index contributed by atoms with van der Waals surface area (Å²) in [6.07, 6.45) is 16.0. The van der Waals surface area contributed by atoms with Gasteiger partial charge in [0.25, 0.3) is 0 Å². The molecule has 0 aromatic carbocycles. The van der Waals surface area contributed by atoms with Crippen LogP contribution in [0.2, 0.25) is 0 Å². The van der Waals surface area contributed by atoms with E-state index >= 15 is 0 Å². The van der Waals surface area contributed by atoms with Gasteiger partial charge in [-0.25, -0.2) is 0 Å². The number of hydrogen-bond acceptors (Lipinski definition) is 12. The van der Waals surface area contributed by atoms with Gasteiger partial charge in [0, 0.05) is 43.1 Å². The molecule has 0 saturated heterocycles. The highest BCUT2D eigenvalue weighted by Gasteiger charge is 2.20. The summed E-state index contributed by atoms with van der Waals surface area (Å²) in [6.45, 7) is 0. The van der Waals surface area contributed by atoms with Crippen molar-refractivity contribution < 1.29 is 9.59 Å². The smallest absolute Gasteiger partial charge is 0.232 e. The summed E-state index contributed by atoms with van der Waals surface area (Å²) < 4.78 is 0. The molecule has 0 aliphatic heterocycles. The van der Waals surface area contributed by atoms with Gasteiger partial charge in [-0.3, -0.25) is 29.5 Å². The predicted octanol–water partition coefficient (Wildman–Crippen LogP) is 3.07. The van der Waals surface area contributed by atoms with E-state index in [9.17, 15) is 9.59 Å². The van der Waals surface area contributed by atoms with Crippen molar-refractivity contribution in [1.29, 1.82) is 0 Å². The fraction of sp³-hybridized carbons (Fsp3) is 0.364. The predicted molar refractivity (Wildman–Crippen MR) is 134 cm³/mol. The Labute approximate surface area is 215 Å². The second-order valence-corrected chi connectivity index (χ2v) is 9.71. The molecule has 36 heavy (non-hydrogen) atoms. The van der Waals surface area contributed by atoms with Crippen molar-refractivity contribution in [2.75, 3.05) is 10.6 Å². The lowest BCUT2D eigenvalue weighted by Gasteiger charge is -2.18. The Morgan fingerprint density at radius 3 is 2.00 bits per heavy atom. The largest absolute Gasteiger partial charge is 0.300 e. The second-order valence-electron chi connectivity index (χ2n) is 7.87.